The van der Waals surface area contributed by atoms with Gasteiger partial charge in [-0.15, -0.1) is 5.10 Å². The second-order valence-corrected chi connectivity index (χ2v) is 3.42. The standard InChI is InChI=1S/C8H9ClN6/c1-4-12-5(2)15(14-4)7-6(9)3-11-8(10)13-7/h3H,1-2H3,(H2,10,11,13). The average Bonchev–Trinajstić information content (AvgIpc) is 2.50. The largest absolute Gasteiger partial charge is 0.368 e. The molecule has 0 amide bonds. The fourth-order valence-electron chi connectivity index (χ4n) is 1.24. The first kappa shape index (κ1) is 9.85. The van der Waals surface area contributed by atoms with Crippen molar-refractivity contribution in [1.82, 2.24) is 24.7 Å². The Balaban J connectivity index is 2.62. The van der Waals surface area contributed by atoms with Gasteiger partial charge in [-0.2, -0.15) is 9.67 Å². The summed E-state index contributed by atoms with van der Waals surface area (Å²) in [5, 5.41) is 4.54. The molecule has 2 aromatic rings. The molecular weight excluding hydrogens is 216 g/mol. The number of rotatable bonds is 1. The minimum Gasteiger partial charge on any atom is -0.368 e. The topological polar surface area (TPSA) is 82.5 Å². The van der Waals surface area contributed by atoms with Gasteiger partial charge in [-0.25, -0.2) is 9.97 Å². The number of aryl methyl sites for hydroxylation is 2. The van der Waals surface area contributed by atoms with Gasteiger partial charge in [0.1, 0.15) is 16.7 Å². The number of anilines is 1. The zero-order chi connectivity index (χ0) is 11.0. The number of nitrogens with two attached hydrogens (primary N) is 1. The minimum atomic E-state index is 0.155. The van der Waals surface area contributed by atoms with Crippen LogP contribution in [0.15, 0.2) is 6.20 Å². The van der Waals surface area contributed by atoms with Crippen LogP contribution in [0.3, 0.4) is 0 Å². The highest BCUT2D eigenvalue weighted by Gasteiger charge is 2.11. The molecule has 0 unspecified atom stereocenters. The van der Waals surface area contributed by atoms with Gasteiger partial charge in [0.2, 0.25) is 5.95 Å². The van der Waals surface area contributed by atoms with E-state index in [1.165, 1.54) is 10.9 Å². The quantitative estimate of drug-likeness (QED) is 0.779. The Bertz CT molecular complexity index is 506. The van der Waals surface area contributed by atoms with Gasteiger partial charge in [0.25, 0.3) is 0 Å². The van der Waals surface area contributed by atoms with Crippen molar-refractivity contribution in [3.8, 4) is 5.82 Å². The molecular formula is C8H9ClN6. The van der Waals surface area contributed by atoms with Crippen LogP contribution < -0.4 is 5.73 Å². The van der Waals surface area contributed by atoms with Gasteiger partial charge >= 0.3 is 0 Å². The first-order valence-electron chi connectivity index (χ1n) is 4.26. The predicted molar refractivity (Wildman–Crippen MR) is 55.8 cm³/mol. The summed E-state index contributed by atoms with van der Waals surface area (Å²) in [4.78, 5) is 11.9. The second kappa shape index (κ2) is 3.47. The van der Waals surface area contributed by atoms with Gasteiger partial charge < -0.3 is 5.73 Å². The van der Waals surface area contributed by atoms with Gasteiger partial charge in [0.05, 0.1) is 6.20 Å². The van der Waals surface area contributed by atoms with Crippen LogP contribution >= 0.6 is 11.6 Å². The lowest BCUT2D eigenvalue weighted by molar-refractivity contribution is 0.801. The predicted octanol–water partition coefficient (Wildman–Crippen LogP) is 0.910. The van der Waals surface area contributed by atoms with Gasteiger partial charge in [-0.1, -0.05) is 11.6 Å². The molecule has 2 aromatic heterocycles. The fraction of sp³-hybridized carbons (Fsp3) is 0.250. The average molecular weight is 225 g/mol. The van der Waals surface area contributed by atoms with Crippen molar-refractivity contribution in [3.05, 3.63) is 22.9 Å². The first-order valence-corrected chi connectivity index (χ1v) is 4.64. The molecule has 0 aliphatic rings. The molecule has 0 aliphatic heterocycles. The zero-order valence-electron chi connectivity index (χ0n) is 8.27. The number of nitrogens with zero attached hydrogens (tertiary/aromatic N) is 5. The maximum absolute atomic E-state index is 5.94. The van der Waals surface area contributed by atoms with Crippen LogP contribution in [0.5, 0.6) is 0 Å². The summed E-state index contributed by atoms with van der Waals surface area (Å²) in [5.74, 6) is 1.96. The first-order chi connectivity index (χ1) is 7.08. The lowest BCUT2D eigenvalue weighted by Gasteiger charge is -2.04. The normalized spacial score (nSPS) is 10.6. The molecule has 0 fully saturated rings. The van der Waals surface area contributed by atoms with E-state index >= 15 is 0 Å². The van der Waals surface area contributed by atoms with Crippen molar-refractivity contribution in [3.63, 3.8) is 0 Å². The van der Waals surface area contributed by atoms with Gasteiger partial charge in [0, 0.05) is 0 Å². The van der Waals surface area contributed by atoms with Gasteiger partial charge in [-0.05, 0) is 13.8 Å². The Labute approximate surface area is 91.1 Å². The van der Waals surface area contributed by atoms with Crippen LogP contribution in [0.4, 0.5) is 5.95 Å². The van der Waals surface area contributed by atoms with Crippen LogP contribution in [0.1, 0.15) is 11.6 Å². The molecule has 2 rings (SSSR count). The van der Waals surface area contributed by atoms with Crippen LogP contribution in [-0.4, -0.2) is 24.7 Å². The maximum atomic E-state index is 5.94. The lowest BCUT2D eigenvalue weighted by atomic mass is 10.5. The molecule has 0 atom stereocenters. The van der Waals surface area contributed by atoms with Gasteiger partial charge in [-0.3, -0.25) is 0 Å². The monoisotopic (exact) mass is 224 g/mol. The Kier molecular flexibility index (Phi) is 2.28. The lowest BCUT2D eigenvalue weighted by Crippen LogP contribution is -2.06. The van der Waals surface area contributed by atoms with Crippen molar-refractivity contribution in [2.45, 2.75) is 13.8 Å². The molecule has 7 heteroatoms. The highest BCUT2D eigenvalue weighted by Crippen LogP contribution is 2.17. The molecule has 2 N–H and O–H groups in total. The van der Waals surface area contributed by atoms with E-state index in [9.17, 15) is 0 Å². The fourth-order valence-corrected chi connectivity index (χ4v) is 1.41. The summed E-state index contributed by atoms with van der Waals surface area (Å²) in [6.07, 6.45) is 1.44. The number of halogens is 1. The molecule has 0 spiro atoms. The van der Waals surface area contributed by atoms with E-state index in [1.807, 2.05) is 6.92 Å². The summed E-state index contributed by atoms with van der Waals surface area (Å²) in [6, 6.07) is 0. The van der Waals surface area contributed by atoms with Crippen molar-refractivity contribution in [1.29, 1.82) is 0 Å². The second-order valence-electron chi connectivity index (χ2n) is 3.02. The molecule has 6 nitrogen and oxygen atoms in total. The van der Waals surface area contributed by atoms with Crippen LogP contribution in [0.2, 0.25) is 5.02 Å². The van der Waals surface area contributed by atoms with Crippen molar-refractivity contribution < 1.29 is 0 Å². The van der Waals surface area contributed by atoms with E-state index in [0.717, 1.165) is 0 Å². The summed E-state index contributed by atoms with van der Waals surface area (Å²) < 4.78 is 1.54. The molecule has 0 aliphatic carbocycles. The van der Waals surface area contributed by atoms with Crippen LogP contribution in [0, 0.1) is 13.8 Å². The summed E-state index contributed by atoms with van der Waals surface area (Å²) in [7, 11) is 0. The molecule has 0 aromatic carbocycles. The number of hydrogen-bond acceptors (Lipinski definition) is 5. The van der Waals surface area contributed by atoms with E-state index < -0.39 is 0 Å². The molecule has 0 radical (unpaired) electrons. The Hall–Kier alpha value is -1.69. The molecule has 2 heterocycles. The third kappa shape index (κ3) is 1.75. The summed E-state index contributed by atoms with van der Waals surface area (Å²) >= 11 is 5.94. The highest BCUT2D eigenvalue weighted by molar-refractivity contribution is 6.32. The Morgan fingerprint density at radius 3 is 2.67 bits per heavy atom. The third-order valence-electron chi connectivity index (χ3n) is 1.82. The molecule has 78 valence electrons. The van der Waals surface area contributed by atoms with E-state index in [0.29, 0.717) is 22.5 Å². The number of hydrogen-bond donors (Lipinski definition) is 1. The van der Waals surface area contributed by atoms with E-state index in [2.05, 4.69) is 20.1 Å². The summed E-state index contributed by atoms with van der Waals surface area (Å²) in [6.45, 7) is 3.61. The highest BCUT2D eigenvalue weighted by atomic mass is 35.5. The molecule has 0 saturated carbocycles. The number of nitrogen functional groups attached to an aromatic ring is 1. The number of aromatic nitrogens is 5. The Morgan fingerprint density at radius 2 is 2.07 bits per heavy atom. The van der Waals surface area contributed by atoms with E-state index in [1.54, 1.807) is 6.92 Å². The van der Waals surface area contributed by atoms with E-state index in [-0.39, 0.29) is 5.95 Å². The van der Waals surface area contributed by atoms with Gasteiger partial charge in [0.15, 0.2) is 5.82 Å². The zero-order valence-corrected chi connectivity index (χ0v) is 9.02. The third-order valence-corrected chi connectivity index (χ3v) is 2.09. The molecule has 15 heavy (non-hydrogen) atoms. The Morgan fingerprint density at radius 1 is 1.33 bits per heavy atom. The van der Waals surface area contributed by atoms with Crippen LogP contribution in [-0.2, 0) is 0 Å². The maximum Gasteiger partial charge on any atom is 0.222 e. The van der Waals surface area contributed by atoms with Crippen molar-refractivity contribution in [2.24, 2.45) is 0 Å². The molecule has 0 saturated heterocycles. The smallest absolute Gasteiger partial charge is 0.222 e. The van der Waals surface area contributed by atoms with Crippen molar-refractivity contribution in [2.75, 3.05) is 5.73 Å². The van der Waals surface area contributed by atoms with E-state index in [4.69, 9.17) is 17.3 Å². The SMILES string of the molecule is Cc1nc(C)n(-c2nc(N)ncc2Cl)n1. The molecule has 0 bridgehead atoms. The van der Waals surface area contributed by atoms with Crippen molar-refractivity contribution >= 4 is 17.5 Å². The summed E-state index contributed by atoms with van der Waals surface area (Å²) in [5.41, 5.74) is 5.48. The minimum absolute atomic E-state index is 0.155. The van der Waals surface area contributed by atoms with Crippen LogP contribution in [0.25, 0.3) is 5.82 Å².